The zero-order chi connectivity index (χ0) is 24.4. The lowest BCUT2D eigenvalue weighted by molar-refractivity contribution is -0.113. The van der Waals surface area contributed by atoms with Crippen LogP contribution in [0.5, 0.6) is 11.5 Å². The van der Waals surface area contributed by atoms with Gasteiger partial charge in [0.15, 0.2) is 5.82 Å². The van der Waals surface area contributed by atoms with E-state index in [9.17, 15) is 4.79 Å². The van der Waals surface area contributed by atoms with Crippen LogP contribution in [0.2, 0.25) is 0 Å². The largest absolute Gasteiger partial charge is 0.497 e. The molecule has 9 nitrogen and oxygen atoms in total. The second-order valence-corrected chi connectivity index (χ2v) is 7.94. The molecule has 0 spiro atoms. The lowest BCUT2D eigenvalue weighted by Crippen LogP contribution is -2.31. The molecule has 5 rings (SSSR count). The second kappa shape index (κ2) is 9.30. The van der Waals surface area contributed by atoms with Gasteiger partial charge in [0.1, 0.15) is 17.5 Å². The molecule has 3 heterocycles. The number of carbonyl (C=O) groups excluding carboxylic acids is 1. The predicted molar refractivity (Wildman–Crippen MR) is 132 cm³/mol. The molecule has 1 aliphatic rings. The number of carbonyl (C=O) groups is 1. The maximum Gasteiger partial charge on any atom is 0.255 e. The molecule has 0 fully saturated rings. The summed E-state index contributed by atoms with van der Waals surface area (Å²) in [5.41, 5.74) is 3.43. The van der Waals surface area contributed by atoms with Crippen molar-refractivity contribution in [2.45, 2.75) is 13.0 Å². The zero-order valence-electron chi connectivity index (χ0n) is 19.5. The summed E-state index contributed by atoms with van der Waals surface area (Å²) < 4.78 is 12.5. The average molecular weight is 469 g/mol. The van der Waals surface area contributed by atoms with E-state index < -0.39 is 6.04 Å². The highest BCUT2D eigenvalue weighted by atomic mass is 16.5. The van der Waals surface area contributed by atoms with Crippen molar-refractivity contribution in [1.29, 1.82) is 0 Å². The van der Waals surface area contributed by atoms with Crippen molar-refractivity contribution in [2.24, 2.45) is 0 Å². The summed E-state index contributed by atoms with van der Waals surface area (Å²) in [5.74, 6) is 2.07. The molecule has 2 aromatic carbocycles. The van der Waals surface area contributed by atoms with Gasteiger partial charge >= 0.3 is 0 Å². The number of amides is 1. The number of benzene rings is 2. The van der Waals surface area contributed by atoms with Crippen molar-refractivity contribution in [2.75, 3.05) is 24.9 Å². The van der Waals surface area contributed by atoms with Crippen molar-refractivity contribution in [3.05, 3.63) is 89.9 Å². The van der Waals surface area contributed by atoms with Crippen LogP contribution < -0.4 is 20.1 Å². The minimum atomic E-state index is -0.518. The van der Waals surface area contributed by atoms with Crippen molar-refractivity contribution in [1.82, 2.24) is 19.7 Å². The normalized spacial score (nSPS) is 14.7. The molecule has 35 heavy (non-hydrogen) atoms. The number of hydrogen-bond acceptors (Lipinski definition) is 7. The highest BCUT2D eigenvalue weighted by molar-refractivity contribution is 6.06. The third kappa shape index (κ3) is 4.19. The van der Waals surface area contributed by atoms with Gasteiger partial charge in [0.05, 0.1) is 25.5 Å². The van der Waals surface area contributed by atoms with E-state index in [0.717, 1.165) is 11.1 Å². The Kier molecular flexibility index (Phi) is 5.88. The summed E-state index contributed by atoms with van der Waals surface area (Å²) in [4.78, 5) is 22.5. The molecule has 1 atom stereocenters. The van der Waals surface area contributed by atoms with Gasteiger partial charge in [-0.15, -0.1) is 5.10 Å². The molecule has 0 radical (unpaired) electrons. The van der Waals surface area contributed by atoms with Gasteiger partial charge in [-0.05, 0) is 48.9 Å². The third-order valence-corrected chi connectivity index (χ3v) is 5.80. The molecular formula is C26H24N6O3. The van der Waals surface area contributed by atoms with Crippen LogP contribution in [0.15, 0.2) is 84.3 Å². The summed E-state index contributed by atoms with van der Waals surface area (Å²) in [6.07, 6.45) is 3.39. The fraction of sp³-hybridized carbons (Fsp3) is 0.154. The van der Waals surface area contributed by atoms with Gasteiger partial charge in [0.25, 0.3) is 5.91 Å². The molecule has 0 saturated carbocycles. The van der Waals surface area contributed by atoms with Gasteiger partial charge in [0.2, 0.25) is 5.95 Å². The Morgan fingerprint density at radius 1 is 1.03 bits per heavy atom. The Bertz CT molecular complexity index is 1410. The van der Waals surface area contributed by atoms with Crippen molar-refractivity contribution < 1.29 is 14.3 Å². The highest BCUT2D eigenvalue weighted by Gasteiger charge is 2.34. The summed E-state index contributed by atoms with van der Waals surface area (Å²) in [5, 5.41) is 11.0. The van der Waals surface area contributed by atoms with E-state index in [4.69, 9.17) is 19.6 Å². The topological polar surface area (TPSA) is 103 Å². The molecule has 1 amide bonds. The number of aromatic nitrogens is 4. The van der Waals surface area contributed by atoms with Crippen LogP contribution in [0, 0.1) is 0 Å². The van der Waals surface area contributed by atoms with Crippen LogP contribution in [0.1, 0.15) is 18.5 Å². The number of nitrogens with zero attached hydrogens (tertiary/aromatic N) is 4. The van der Waals surface area contributed by atoms with Crippen LogP contribution in [0.25, 0.3) is 11.4 Å². The van der Waals surface area contributed by atoms with E-state index in [2.05, 4.69) is 15.6 Å². The van der Waals surface area contributed by atoms with E-state index >= 15 is 0 Å². The first-order valence-corrected chi connectivity index (χ1v) is 11.0. The summed E-state index contributed by atoms with van der Waals surface area (Å²) in [6.45, 7) is 1.86. The first-order valence-electron chi connectivity index (χ1n) is 11.0. The van der Waals surface area contributed by atoms with Crippen LogP contribution in [0.4, 0.5) is 11.6 Å². The van der Waals surface area contributed by atoms with E-state index in [1.54, 1.807) is 43.4 Å². The molecule has 1 aliphatic heterocycles. The fourth-order valence-corrected chi connectivity index (χ4v) is 4.12. The monoisotopic (exact) mass is 468 g/mol. The number of fused-ring (bicyclic) bond motifs is 1. The summed E-state index contributed by atoms with van der Waals surface area (Å²) in [6, 6.07) is 18.1. The molecule has 9 heteroatoms. The molecular weight excluding hydrogens is 444 g/mol. The average Bonchev–Trinajstić information content (AvgIpc) is 3.32. The number of anilines is 2. The number of methoxy groups -OCH3 is 2. The molecule has 0 saturated heterocycles. The SMILES string of the molecule is COc1cccc(-c2nc3n(n2)[C@@H](c2ccncc2)C(C(=O)Nc2ccccc2OC)=C(C)N3)c1. The van der Waals surface area contributed by atoms with Crippen molar-refractivity contribution in [3.8, 4) is 22.9 Å². The Hall–Kier alpha value is -4.66. The number of rotatable bonds is 6. The van der Waals surface area contributed by atoms with Gasteiger partial charge in [-0.3, -0.25) is 9.78 Å². The highest BCUT2D eigenvalue weighted by Crippen LogP contribution is 2.37. The number of ether oxygens (including phenoxy) is 2. The molecule has 176 valence electrons. The molecule has 2 N–H and O–H groups in total. The predicted octanol–water partition coefficient (Wildman–Crippen LogP) is 4.28. The van der Waals surface area contributed by atoms with Crippen molar-refractivity contribution in [3.63, 3.8) is 0 Å². The zero-order valence-corrected chi connectivity index (χ0v) is 19.5. The number of hydrogen-bond donors (Lipinski definition) is 2. The van der Waals surface area contributed by atoms with E-state index in [-0.39, 0.29) is 5.91 Å². The molecule has 2 aromatic heterocycles. The number of pyridine rings is 1. The first-order chi connectivity index (χ1) is 17.1. The third-order valence-electron chi connectivity index (χ3n) is 5.80. The van der Waals surface area contributed by atoms with Crippen molar-refractivity contribution >= 4 is 17.5 Å². The maximum atomic E-state index is 13.6. The second-order valence-electron chi connectivity index (χ2n) is 7.94. The molecule has 0 bridgehead atoms. The Morgan fingerprint density at radius 2 is 1.83 bits per heavy atom. The number of para-hydroxylation sites is 2. The Balaban J connectivity index is 1.58. The molecule has 4 aromatic rings. The lowest BCUT2D eigenvalue weighted by Gasteiger charge is -2.28. The molecule has 0 unspecified atom stereocenters. The maximum absolute atomic E-state index is 13.6. The Labute approximate surface area is 202 Å². The lowest BCUT2D eigenvalue weighted by atomic mass is 9.96. The van der Waals surface area contributed by atoms with Crippen LogP contribution in [0.3, 0.4) is 0 Å². The van der Waals surface area contributed by atoms with E-state index in [1.807, 2.05) is 55.5 Å². The van der Waals surface area contributed by atoms with E-state index in [0.29, 0.717) is 40.2 Å². The molecule has 0 aliphatic carbocycles. The van der Waals surface area contributed by atoms with Crippen LogP contribution in [-0.2, 0) is 4.79 Å². The number of allylic oxidation sites excluding steroid dienone is 1. The first kappa shape index (κ1) is 22.1. The van der Waals surface area contributed by atoms with E-state index in [1.165, 1.54) is 0 Å². The minimum Gasteiger partial charge on any atom is -0.497 e. The van der Waals surface area contributed by atoms with Crippen LogP contribution in [-0.4, -0.2) is 39.9 Å². The summed E-state index contributed by atoms with van der Waals surface area (Å²) in [7, 11) is 3.19. The number of nitrogens with one attached hydrogen (secondary N) is 2. The van der Waals surface area contributed by atoms with Gasteiger partial charge in [-0.2, -0.15) is 4.98 Å². The van der Waals surface area contributed by atoms with Gasteiger partial charge in [-0.25, -0.2) is 4.68 Å². The fourth-order valence-electron chi connectivity index (χ4n) is 4.12. The quantitative estimate of drug-likeness (QED) is 0.435. The van der Waals surface area contributed by atoms with Gasteiger partial charge < -0.3 is 20.1 Å². The Morgan fingerprint density at radius 3 is 2.60 bits per heavy atom. The standard InChI is InChI=1S/C26H24N6O3/c1-16-22(25(33)29-20-9-4-5-10-21(20)35-3)23(17-11-13-27-14-12-17)32-26(28-16)30-24(31-32)18-7-6-8-19(15-18)34-2/h4-15,23H,1-3H3,(H,29,33)(H,28,30,31)/t23-/m0/s1. The van der Waals surface area contributed by atoms with Gasteiger partial charge in [-0.1, -0.05) is 24.3 Å². The minimum absolute atomic E-state index is 0.273. The van der Waals surface area contributed by atoms with Crippen LogP contribution >= 0.6 is 0 Å². The van der Waals surface area contributed by atoms with Gasteiger partial charge in [0, 0.05) is 23.7 Å². The summed E-state index contributed by atoms with van der Waals surface area (Å²) >= 11 is 0. The smallest absolute Gasteiger partial charge is 0.255 e.